The first kappa shape index (κ1) is 15.1. The van der Waals surface area contributed by atoms with Crippen LogP contribution >= 0.6 is 0 Å². The van der Waals surface area contributed by atoms with Crippen LogP contribution in [0, 0.1) is 0 Å². The lowest BCUT2D eigenvalue weighted by Crippen LogP contribution is -2.25. The van der Waals surface area contributed by atoms with E-state index >= 15 is 0 Å². The highest BCUT2D eigenvalue weighted by Crippen LogP contribution is 2.38. The van der Waals surface area contributed by atoms with Gasteiger partial charge in [-0.25, -0.2) is 13.6 Å². The standard InChI is InChI=1S/C14H16F2O3/c1-4-10-6-7-12(19-9(3)13(17)18)11(8-10)14(15,16)5-2/h4,6-9H,1,5H2,2-3H3,(H,17,18). The van der Waals surface area contributed by atoms with Gasteiger partial charge >= 0.3 is 5.97 Å². The number of rotatable bonds is 6. The third kappa shape index (κ3) is 3.53. The average molecular weight is 270 g/mol. The number of benzene rings is 1. The number of halogens is 2. The molecule has 104 valence electrons. The van der Waals surface area contributed by atoms with Gasteiger partial charge in [0.25, 0.3) is 5.92 Å². The van der Waals surface area contributed by atoms with E-state index in [1.807, 2.05) is 0 Å². The maximum Gasteiger partial charge on any atom is 0.344 e. The zero-order valence-electron chi connectivity index (χ0n) is 10.8. The third-order valence-corrected chi connectivity index (χ3v) is 2.73. The molecule has 0 fully saturated rings. The maximum atomic E-state index is 13.9. The van der Waals surface area contributed by atoms with Crippen molar-refractivity contribution >= 4 is 12.0 Å². The molecule has 5 heteroatoms. The highest BCUT2D eigenvalue weighted by atomic mass is 19.3. The van der Waals surface area contributed by atoms with Crippen molar-refractivity contribution in [3.8, 4) is 5.75 Å². The van der Waals surface area contributed by atoms with Crippen LogP contribution in [0.3, 0.4) is 0 Å². The van der Waals surface area contributed by atoms with Gasteiger partial charge < -0.3 is 9.84 Å². The van der Waals surface area contributed by atoms with Crippen LogP contribution in [0.15, 0.2) is 24.8 Å². The molecule has 1 aromatic rings. The summed E-state index contributed by atoms with van der Waals surface area (Å²) >= 11 is 0. The molecule has 0 saturated carbocycles. The normalized spacial score (nSPS) is 12.8. The van der Waals surface area contributed by atoms with E-state index in [1.54, 1.807) is 6.07 Å². The van der Waals surface area contributed by atoms with E-state index in [2.05, 4.69) is 6.58 Å². The molecule has 1 N–H and O–H groups in total. The van der Waals surface area contributed by atoms with Gasteiger partial charge in [-0.1, -0.05) is 25.6 Å². The molecule has 0 aliphatic heterocycles. The van der Waals surface area contributed by atoms with Crippen LogP contribution in [0.2, 0.25) is 0 Å². The van der Waals surface area contributed by atoms with E-state index in [0.717, 1.165) is 0 Å². The molecule has 0 aliphatic rings. The summed E-state index contributed by atoms with van der Waals surface area (Å²) in [6, 6.07) is 4.15. The van der Waals surface area contributed by atoms with E-state index in [4.69, 9.17) is 9.84 Å². The predicted molar refractivity (Wildman–Crippen MR) is 68.4 cm³/mol. The number of hydrogen-bond acceptors (Lipinski definition) is 2. The van der Waals surface area contributed by atoms with E-state index in [0.29, 0.717) is 5.56 Å². The van der Waals surface area contributed by atoms with E-state index < -0.39 is 24.4 Å². The maximum absolute atomic E-state index is 13.9. The zero-order chi connectivity index (χ0) is 14.6. The van der Waals surface area contributed by atoms with Gasteiger partial charge in [-0.2, -0.15) is 0 Å². The Morgan fingerprint density at radius 2 is 2.21 bits per heavy atom. The Morgan fingerprint density at radius 3 is 2.68 bits per heavy atom. The van der Waals surface area contributed by atoms with Crippen LogP contribution in [0.5, 0.6) is 5.75 Å². The van der Waals surface area contributed by atoms with E-state index in [9.17, 15) is 13.6 Å². The predicted octanol–water partition coefficient (Wildman–Crippen LogP) is 3.68. The summed E-state index contributed by atoms with van der Waals surface area (Å²) in [5.74, 6) is -4.40. The highest BCUT2D eigenvalue weighted by Gasteiger charge is 2.33. The van der Waals surface area contributed by atoms with Gasteiger partial charge in [0.1, 0.15) is 5.75 Å². The van der Waals surface area contributed by atoms with Gasteiger partial charge in [-0.15, -0.1) is 0 Å². The van der Waals surface area contributed by atoms with Crippen molar-refractivity contribution < 1.29 is 23.4 Å². The van der Waals surface area contributed by atoms with Gasteiger partial charge in [-0.05, 0) is 24.6 Å². The lowest BCUT2D eigenvalue weighted by Gasteiger charge is -2.20. The summed E-state index contributed by atoms with van der Waals surface area (Å²) in [6.45, 7) is 6.16. The number of carboxylic acid groups (broad SMARTS) is 1. The van der Waals surface area contributed by atoms with Crippen molar-refractivity contribution in [2.75, 3.05) is 0 Å². The summed E-state index contributed by atoms with van der Waals surface area (Å²) in [5, 5.41) is 8.77. The fourth-order valence-corrected chi connectivity index (χ4v) is 1.49. The summed E-state index contributed by atoms with van der Waals surface area (Å²) in [7, 11) is 0. The van der Waals surface area contributed by atoms with E-state index in [-0.39, 0.29) is 11.3 Å². The minimum Gasteiger partial charge on any atom is -0.479 e. The Morgan fingerprint density at radius 1 is 1.58 bits per heavy atom. The first-order valence-electron chi connectivity index (χ1n) is 5.86. The highest BCUT2D eigenvalue weighted by molar-refractivity contribution is 5.72. The van der Waals surface area contributed by atoms with Crippen molar-refractivity contribution in [3.05, 3.63) is 35.9 Å². The Kier molecular flexibility index (Phi) is 4.64. The Balaban J connectivity index is 3.23. The van der Waals surface area contributed by atoms with Crippen molar-refractivity contribution in [1.82, 2.24) is 0 Å². The molecule has 1 aromatic carbocycles. The molecular weight excluding hydrogens is 254 g/mol. The molecule has 0 bridgehead atoms. The molecule has 19 heavy (non-hydrogen) atoms. The van der Waals surface area contributed by atoms with Crippen molar-refractivity contribution in [3.63, 3.8) is 0 Å². The topological polar surface area (TPSA) is 46.5 Å². The lowest BCUT2D eigenvalue weighted by molar-refractivity contribution is -0.144. The van der Waals surface area contributed by atoms with Gasteiger partial charge in [-0.3, -0.25) is 0 Å². The van der Waals surface area contributed by atoms with Crippen LogP contribution in [-0.2, 0) is 10.7 Å². The molecule has 0 saturated heterocycles. The molecule has 0 amide bonds. The number of carboxylic acids is 1. The lowest BCUT2D eigenvalue weighted by atomic mass is 10.0. The van der Waals surface area contributed by atoms with Crippen molar-refractivity contribution in [2.24, 2.45) is 0 Å². The van der Waals surface area contributed by atoms with Crippen LogP contribution < -0.4 is 4.74 Å². The van der Waals surface area contributed by atoms with Crippen LogP contribution in [-0.4, -0.2) is 17.2 Å². The summed E-state index contributed by atoms with van der Waals surface area (Å²) < 4.78 is 32.8. The third-order valence-electron chi connectivity index (χ3n) is 2.73. The SMILES string of the molecule is C=Cc1ccc(OC(C)C(=O)O)c(C(F)(F)CC)c1. The second-order valence-electron chi connectivity index (χ2n) is 4.12. The summed E-state index contributed by atoms with van der Waals surface area (Å²) in [4.78, 5) is 10.7. The van der Waals surface area contributed by atoms with Gasteiger partial charge in [0.05, 0.1) is 5.56 Å². The van der Waals surface area contributed by atoms with Crippen molar-refractivity contribution in [2.45, 2.75) is 32.3 Å². The quantitative estimate of drug-likeness (QED) is 0.857. The first-order chi connectivity index (χ1) is 8.81. The number of carbonyl (C=O) groups is 1. The molecule has 0 aromatic heterocycles. The van der Waals surface area contributed by atoms with E-state index in [1.165, 1.54) is 32.1 Å². The molecular formula is C14H16F2O3. The Hall–Kier alpha value is -1.91. The zero-order valence-corrected chi connectivity index (χ0v) is 10.8. The Labute approximate surface area is 110 Å². The largest absolute Gasteiger partial charge is 0.479 e. The molecule has 0 heterocycles. The van der Waals surface area contributed by atoms with Crippen molar-refractivity contribution in [1.29, 1.82) is 0 Å². The minimum atomic E-state index is -3.08. The van der Waals surface area contributed by atoms with Gasteiger partial charge in [0.2, 0.25) is 0 Å². The molecule has 0 aliphatic carbocycles. The number of hydrogen-bond donors (Lipinski definition) is 1. The van der Waals surface area contributed by atoms with Gasteiger partial charge in [0.15, 0.2) is 6.10 Å². The van der Waals surface area contributed by atoms with Crippen LogP contribution in [0.4, 0.5) is 8.78 Å². The fourth-order valence-electron chi connectivity index (χ4n) is 1.49. The first-order valence-corrected chi connectivity index (χ1v) is 5.86. The summed E-state index contributed by atoms with van der Waals surface area (Å²) in [5.41, 5.74) is 0.207. The number of ether oxygens (including phenoxy) is 1. The molecule has 1 unspecified atom stereocenters. The average Bonchev–Trinajstić information content (AvgIpc) is 2.38. The molecule has 0 spiro atoms. The molecule has 1 rings (SSSR count). The van der Waals surface area contributed by atoms with Crippen LogP contribution in [0.25, 0.3) is 6.08 Å². The number of aliphatic carboxylic acids is 1. The smallest absolute Gasteiger partial charge is 0.344 e. The second kappa shape index (κ2) is 5.82. The monoisotopic (exact) mass is 270 g/mol. The fraction of sp³-hybridized carbons (Fsp3) is 0.357. The summed E-state index contributed by atoms with van der Waals surface area (Å²) in [6.07, 6.45) is -0.147. The van der Waals surface area contributed by atoms with Crippen LogP contribution in [0.1, 0.15) is 31.4 Å². The second-order valence-corrected chi connectivity index (χ2v) is 4.12. The minimum absolute atomic E-state index is 0.118. The molecule has 3 nitrogen and oxygen atoms in total. The number of alkyl halides is 2. The molecule has 1 atom stereocenters. The van der Waals surface area contributed by atoms with Gasteiger partial charge in [0, 0.05) is 6.42 Å². The Bertz CT molecular complexity index is 484. The molecule has 0 radical (unpaired) electrons.